The molecule has 140 valence electrons. The molecule has 0 aromatic carbocycles. The fourth-order valence-electron chi connectivity index (χ4n) is 4.35. The van der Waals surface area contributed by atoms with E-state index in [0.717, 1.165) is 46.8 Å². The second-order valence-corrected chi connectivity index (χ2v) is 8.24. The van der Waals surface area contributed by atoms with Gasteiger partial charge >= 0.3 is 0 Å². The van der Waals surface area contributed by atoms with E-state index < -0.39 is 0 Å². The van der Waals surface area contributed by atoms with Gasteiger partial charge in [0, 0.05) is 36.7 Å². The van der Waals surface area contributed by atoms with Gasteiger partial charge in [0.25, 0.3) is 0 Å². The minimum Gasteiger partial charge on any atom is -0.352 e. The number of aromatic nitrogens is 5. The molecule has 3 saturated heterocycles. The molecule has 3 aliphatic rings. The lowest BCUT2D eigenvalue weighted by Gasteiger charge is -2.57. The van der Waals surface area contributed by atoms with Crippen LogP contribution in [-0.2, 0) is 0 Å². The number of thioether (sulfide) groups is 1. The Labute approximate surface area is 162 Å². The van der Waals surface area contributed by atoms with Gasteiger partial charge in [-0.05, 0) is 39.5 Å². The summed E-state index contributed by atoms with van der Waals surface area (Å²) in [4.78, 5) is 19.0. The highest BCUT2D eigenvalue weighted by atomic mass is 32.2. The Kier molecular flexibility index (Phi) is 3.79. The van der Waals surface area contributed by atoms with E-state index in [1.807, 2.05) is 30.1 Å². The quantitative estimate of drug-likeness (QED) is 0.510. The lowest BCUT2D eigenvalue weighted by Crippen LogP contribution is -2.69. The number of hydrogen-bond acceptors (Lipinski definition) is 7. The first kappa shape index (κ1) is 16.8. The van der Waals surface area contributed by atoms with Gasteiger partial charge in [0.2, 0.25) is 0 Å². The average Bonchev–Trinajstić information content (AvgIpc) is 3.05. The molecule has 0 N–H and O–H groups in total. The zero-order valence-electron chi connectivity index (χ0n) is 16.0. The number of aryl methyl sites for hydroxylation is 2. The fraction of sp³-hybridized carbons (Fsp3) is 0.474. The predicted octanol–water partition coefficient (Wildman–Crippen LogP) is 2.63. The summed E-state index contributed by atoms with van der Waals surface area (Å²) in [6.45, 7) is 8.17. The van der Waals surface area contributed by atoms with E-state index >= 15 is 0 Å². The molecule has 2 unspecified atom stereocenters. The molecule has 0 amide bonds. The van der Waals surface area contributed by atoms with Crippen LogP contribution in [0.5, 0.6) is 0 Å². The summed E-state index contributed by atoms with van der Waals surface area (Å²) < 4.78 is 1.94. The lowest BCUT2D eigenvalue weighted by molar-refractivity contribution is 0.288. The molecule has 0 spiro atoms. The number of piperazine rings is 1. The summed E-state index contributed by atoms with van der Waals surface area (Å²) in [5.74, 6) is 2.15. The van der Waals surface area contributed by atoms with Gasteiger partial charge in [-0.1, -0.05) is 11.8 Å². The number of anilines is 2. The highest BCUT2D eigenvalue weighted by Gasteiger charge is 2.46. The van der Waals surface area contributed by atoms with Gasteiger partial charge in [-0.25, -0.2) is 19.5 Å². The van der Waals surface area contributed by atoms with Crippen LogP contribution >= 0.6 is 11.8 Å². The Bertz CT molecular complexity index is 1020. The molecule has 8 heteroatoms. The number of fused-ring (bicyclic) bond motifs is 3. The Balaban J connectivity index is 1.45. The van der Waals surface area contributed by atoms with Gasteiger partial charge in [0.15, 0.2) is 11.0 Å². The highest BCUT2D eigenvalue weighted by molar-refractivity contribution is 7.98. The van der Waals surface area contributed by atoms with E-state index in [0.29, 0.717) is 12.1 Å². The van der Waals surface area contributed by atoms with Crippen molar-refractivity contribution in [2.75, 3.05) is 29.1 Å². The highest BCUT2D eigenvalue weighted by Crippen LogP contribution is 2.39. The van der Waals surface area contributed by atoms with Gasteiger partial charge in [-0.2, -0.15) is 5.10 Å². The normalized spacial score (nSPS) is 21.6. The molecule has 0 aliphatic carbocycles. The third-order valence-corrected chi connectivity index (χ3v) is 6.30. The smallest absolute Gasteiger partial charge is 0.189 e. The molecule has 27 heavy (non-hydrogen) atoms. The van der Waals surface area contributed by atoms with Crippen molar-refractivity contribution < 1.29 is 0 Å². The van der Waals surface area contributed by atoms with Crippen LogP contribution in [0.15, 0.2) is 23.6 Å². The average molecular weight is 382 g/mol. The Morgan fingerprint density at radius 2 is 1.85 bits per heavy atom. The molecule has 6 rings (SSSR count). The van der Waals surface area contributed by atoms with Crippen LogP contribution < -0.4 is 9.80 Å². The van der Waals surface area contributed by atoms with E-state index in [1.165, 1.54) is 12.0 Å². The molecule has 0 saturated carbocycles. The number of piperidine rings is 1. The third-order valence-electron chi connectivity index (χ3n) is 5.75. The molecule has 7 nitrogen and oxygen atoms in total. The van der Waals surface area contributed by atoms with Crippen LogP contribution in [0.4, 0.5) is 11.6 Å². The van der Waals surface area contributed by atoms with Crippen LogP contribution in [0.2, 0.25) is 0 Å². The zero-order chi connectivity index (χ0) is 18.7. The minimum absolute atomic E-state index is 0.463. The van der Waals surface area contributed by atoms with Crippen LogP contribution in [0.25, 0.3) is 5.52 Å². The van der Waals surface area contributed by atoms with E-state index in [1.54, 1.807) is 11.8 Å². The van der Waals surface area contributed by atoms with Gasteiger partial charge in [0.05, 0.1) is 17.8 Å². The molecular weight excluding hydrogens is 358 g/mol. The molecule has 2 bridgehead atoms. The monoisotopic (exact) mass is 381 g/mol. The predicted molar refractivity (Wildman–Crippen MR) is 108 cm³/mol. The molecule has 3 aliphatic heterocycles. The van der Waals surface area contributed by atoms with E-state index in [9.17, 15) is 0 Å². The lowest BCUT2D eigenvalue weighted by atomic mass is 9.87. The zero-order valence-corrected chi connectivity index (χ0v) is 16.9. The van der Waals surface area contributed by atoms with Crippen LogP contribution in [0.1, 0.15) is 23.4 Å². The standard InChI is InChI=1S/C19H23N7S/c1-11-7-16-18(20-5-6-25(16)23-11)26-14-8-15(26)10-24(9-14)17-12(2)13(3)21-19(22-17)27-4/h5-7,14-15H,8-10H2,1-4H3. The maximum Gasteiger partial charge on any atom is 0.189 e. The molecule has 2 atom stereocenters. The molecular formula is C19H23N7S. The Morgan fingerprint density at radius 1 is 1.07 bits per heavy atom. The summed E-state index contributed by atoms with van der Waals surface area (Å²) in [5, 5.41) is 5.38. The second kappa shape index (κ2) is 6.09. The molecule has 3 aromatic rings. The van der Waals surface area contributed by atoms with E-state index in [4.69, 9.17) is 9.97 Å². The van der Waals surface area contributed by atoms with Gasteiger partial charge in [-0.3, -0.25) is 0 Å². The van der Waals surface area contributed by atoms with Gasteiger partial charge in [-0.15, -0.1) is 0 Å². The first-order valence-electron chi connectivity index (χ1n) is 9.28. The molecule has 3 aromatic heterocycles. The summed E-state index contributed by atoms with van der Waals surface area (Å²) in [6, 6.07) is 3.05. The SMILES string of the molecule is CSc1nc(C)c(C)c(N2CC3CC(C2)N3c2nccn3nc(C)cc23)n1. The first-order valence-corrected chi connectivity index (χ1v) is 10.5. The van der Waals surface area contributed by atoms with Crippen molar-refractivity contribution in [3.63, 3.8) is 0 Å². The fourth-order valence-corrected chi connectivity index (χ4v) is 4.75. The number of nitrogens with zero attached hydrogens (tertiary/aromatic N) is 7. The molecule has 3 fully saturated rings. The number of hydrogen-bond donors (Lipinski definition) is 0. The largest absolute Gasteiger partial charge is 0.352 e. The van der Waals surface area contributed by atoms with Crippen LogP contribution in [0.3, 0.4) is 0 Å². The van der Waals surface area contributed by atoms with Crippen LogP contribution in [0, 0.1) is 20.8 Å². The Hall–Kier alpha value is -2.35. The topological polar surface area (TPSA) is 62.5 Å². The first-order chi connectivity index (χ1) is 13.0. The van der Waals surface area contributed by atoms with E-state index in [2.05, 4.69) is 39.8 Å². The van der Waals surface area contributed by atoms with Crippen molar-refractivity contribution in [3.8, 4) is 0 Å². The Morgan fingerprint density at radius 3 is 2.59 bits per heavy atom. The van der Waals surface area contributed by atoms with E-state index in [-0.39, 0.29) is 0 Å². The van der Waals surface area contributed by atoms with Crippen molar-refractivity contribution in [1.82, 2.24) is 24.6 Å². The van der Waals surface area contributed by atoms with Crippen LogP contribution in [-0.4, -0.2) is 56.0 Å². The summed E-state index contributed by atoms with van der Waals surface area (Å²) in [6.07, 6.45) is 7.02. The summed E-state index contributed by atoms with van der Waals surface area (Å²) in [7, 11) is 0. The van der Waals surface area contributed by atoms with Gasteiger partial charge in [0.1, 0.15) is 11.3 Å². The molecule has 0 radical (unpaired) electrons. The summed E-state index contributed by atoms with van der Waals surface area (Å²) >= 11 is 1.60. The van der Waals surface area contributed by atoms with Crippen molar-refractivity contribution in [1.29, 1.82) is 0 Å². The van der Waals surface area contributed by atoms with Crippen molar-refractivity contribution >= 4 is 28.9 Å². The third kappa shape index (κ3) is 2.57. The van der Waals surface area contributed by atoms with Crippen molar-refractivity contribution in [3.05, 3.63) is 35.4 Å². The maximum absolute atomic E-state index is 4.81. The van der Waals surface area contributed by atoms with Gasteiger partial charge < -0.3 is 9.80 Å². The second-order valence-electron chi connectivity index (χ2n) is 7.47. The van der Waals surface area contributed by atoms with Crippen molar-refractivity contribution in [2.24, 2.45) is 0 Å². The summed E-state index contributed by atoms with van der Waals surface area (Å²) in [5.41, 5.74) is 4.37. The van der Waals surface area contributed by atoms with Crippen molar-refractivity contribution in [2.45, 2.75) is 44.4 Å². The maximum atomic E-state index is 4.81. The number of rotatable bonds is 3. The molecule has 6 heterocycles. The minimum atomic E-state index is 0.463.